The second-order valence-corrected chi connectivity index (χ2v) is 7.63. The van der Waals surface area contributed by atoms with Crippen molar-refractivity contribution in [3.05, 3.63) is 53.2 Å². The van der Waals surface area contributed by atoms with Gasteiger partial charge in [0.05, 0.1) is 19.8 Å². The van der Waals surface area contributed by atoms with Gasteiger partial charge < -0.3 is 19.7 Å². The fourth-order valence-electron chi connectivity index (χ4n) is 3.51. The van der Waals surface area contributed by atoms with Gasteiger partial charge in [0.2, 0.25) is 11.8 Å². The van der Waals surface area contributed by atoms with Crippen LogP contribution in [-0.2, 0) is 22.7 Å². The van der Waals surface area contributed by atoms with E-state index in [0.717, 1.165) is 16.7 Å². The van der Waals surface area contributed by atoms with E-state index in [0.29, 0.717) is 50.2 Å². The van der Waals surface area contributed by atoms with Crippen LogP contribution in [0, 0.1) is 0 Å². The number of anilines is 1. The van der Waals surface area contributed by atoms with E-state index in [1.807, 2.05) is 50.1 Å². The highest BCUT2D eigenvalue weighted by molar-refractivity contribution is 5.93. The Morgan fingerprint density at radius 3 is 2.78 bits per heavy atom. The average Bonchev–Trinajstić information content (AvgIpc) is 2.90. The predicted molar refractivity (Wildman–Crippen MR) is 123 cm³/mol. The molecule has 1 aliphatic rings. The van der Waals surface area contributed by atoms with Crippen molar-refractivity contribution in [3.63, 3.8) is 0 Å². The number of hydrogen-bond donors (Lipinski definition) is 1. The molecule has 2 aromatic rings. The minimum absolute atomic E-state index is 0.0846. The molecule has 0 unspecified atom stereocenters. The topological polar surface area (TPSA) is 84.0 Å². The molecule has 8 nitrogen and oxygen atoms in total. The Morgan fingerprint density at radius 1 is 1.25 bits per heavy atom. The van der Waals surface area contributed by atoms with Gasteiger partial charge in [0.25, 0.3) is 0 Å². The molecule has 8 heteroatoms. The summed E-state index contributed by atoms with van der Waals surface area (Å²) in [5.74, 6) is 1.68. The lowest BCUT2D eigenvalue weighted by Crippen LogP contribution is -2.26. The van der Waals surface area contributed by atoms with Crippen LogP contribution < -0.4 is 14.8 Å². The number of pyridine rings is 1. The largest absolute Gasteiger partial charge is 0.490 e. The molecule has 0 atom stereocenters. The van der Waals surface area contributed by atoms with E-state index >= 15 is 0 Å². The third-order valence-corrected chi connectivity index (χ3v) is 4.95. The number of nitrogens with zero attached hydrogens (tertiary/aromatic N) is 3. The van der Waals surface area contributed by atoms with Gasteiger partial charge >= 0.3 is 0 Å². The highest BCUT2D eigenvalue weighted by Crippen LogP contribution is 2.32. The predicted octanol–water partition coefficient (Wildman–Crippen LogP) is 2.93. The molecule has 1 aromatic carbocycles. The number of carbonyl (C=O) groups is 2. The molecule has 170 valence electrons. The zero-order valence-corrected chi connectivity index (χ0v) is 19.1. The maximum Gasteiger partial charge on any atom is 0.246 e. The van der Waals surface area contributed by atoms with Crippen molar-refractivity contribution >= 4 is 23.7 Å². The molecule has 2 amide bonds. The Balaban J connectivity index is 1.71. The molecule has 0 fully saturated rings. The molecule has 0 saturated heterocycles. The van der Waals surface area contributed by atoms with Gasteiger partial charge in [-0.2, -0.15) is 0 Å². The normalized spacial score (nSPS) is 13.9. The molecule has 0 bridgehead atoms. The number of carbonyl (C=O) groups excluding carboxylic acids is 2. The number of rotatable bonds is 8. The number of amides is 2. The number of benzene rings is 1. The number of fused-ring (bicyclic) bond motifs is 1. The van der Waals surface area contributed by atoms with E-state index in [9.17, 15) is 9.59 Å². The number of hydrogen-bond acceptors (Lipinski definition) is 6. The highest BCUT2D eigenvalue weighted by atomic mass is 16.5. The SMILES string of the molecule is CCOc1cccc(CN(C)C(=O)/C=C/c2cnc3c(c2)CN(C)CC(=O)N3)c1OCC. The second-order valence-electron chi connectivity index (χ2n) is 7.63. The Morgan fingerprint density at radius 2 is 2.03 bits per heavy atom. The molecule has 3 rings (SSSR count). The number of para-hydroxylation sites is 1. The van der Waals surface area contributed by atoms with Crippen LogP contribution in [0.1, 0.15) is 30.5 Å². The van der Waals surface area contributed by atoms with Crippen LogP contribution >= 0.6 is 0 Å². The highest BCUT2D eigenvalue weighted by Gasteiger charge is 2.18. The van der Waals surface area contributed by atoms with Gasteiger partial charge in [-0.05, 0) is 44.7 Å². The molecule has 0 spiro atoms. The first kappa shape index (κ1) is 23.3. The monoisotopic (exact) mass is 438 g/mol. The summed E-state index contributed by atoms with van der Waals surface area (Å²) in [6.45, 7) is 6.20. The zero-order chi connectivity index (χ0) is 23.1. The quantitative estimate of drug-likeness (QED) is 0.638. The molecule has 1 aromatic heterocycles. The van der Waals surface area contributed by atoms with Gasteiger partial charge in [0, 0.05) is 43.5 Å². The number of likely N-dealkylation sites (N-methyl/N-ethyl adjacent to an activating group) is 2. The van der Waals surface area contributed by atoms with E-state index < -0.39 is 0 Å². The average molecular weight is 439 g/mol. The van der Waals surface area contributed by atoms with Gasteiger partial charge in [0.1, 0.15) is 5.82 Å². The number of aromatic nitrogens is 1. The molecule has 0 saturated carbocycles. The Labute approximate surface area is 188 Å². The van der Waals surface area contributed by atoms with Crippen LogP contribution in [0.3, 0.4) is 0 Å². The van der Waals surface area contributed by atoms with Crippen LogP contribution in [0.15, 0.2) is 36.5 Å². The van der Waals surface area contributed by atoms with Crippen LogP contribution in [-0.4, -0.2) is 60.5 Å². The summed E-state index contributed by atoms with van der Waals surface area (Å²) in [7, 11) is 3.63. The van der Waals surface area contributed by atoms with Gasteiger partial charge in [-0.3, -0.25) is 14.5 Å². The molecular formula is C24H30N4O4. The van der Waals surface area contributed by atoms with Crippen molar-refractivity contribution in [2.75, 3.05) is 39.2 Å². The first-order chi connectivity index (χ1) is 15.4. The maximum atomic E-state index is 12.7. The minimum Gasteiger partial charge on any atom is -0.490 e. The molecule has 0 aliphatic carbocycles. The summed E-state index contributed by atoms with van der Waals surface area (Å²) < 4.78 is 11.5. The smallest absolute Gasteiger partial charge is 0.246 e. The lowest BCUT2D eigenvalue weighted by atomic mass is 10.1. The summed E-state index contributed by atoms with van der Waals surface area (Å²) in [6, 6.07) is 7.63. The summed E-state index contributed by atoms with van der Waals surface area (Å²) in [5.41, 5.74) is 2.59. The van der Waals surface area contributed by atoms with Crippen molar-refractivity contribution in [1.82, 2.24) is 14.8 Å². The van der Waals surface area contributed by atoms with E-state index in [1.54, 1.807) is 24.2 Å². The summed E-state index contributed by atoms with van der Waals surface area (Å²) in [4.78, 5) is 32.4. The van der Waals surface area contributed by atoms with E-state index in [1.165, 1.54) is 6.08 Å². The zero-order valence-electron chi connectivity index (χ0n) is 19.1. The third-order valence-electron chi connectivity index (χ3n) is 4.95. The molecule has 1 aliphatic heterocycles. The molecule has 2 heterocycles. The maximum absolute atomic E-state index is 12.7. The lowest BCUT2D eigenvalue weighted by Gasteiger charge is -2.19. The van der Waals surface area contributed by atoms with Crippen molar-refractivity contribution in [2.45, 2.75) is 26.9 Å². The Bertz CT molecular complexity index is 1010. The summed E-state index contributed by atoms with van der Waals surface area (Å²) in [5, 5.41) is 2.81. The molecule has 1 N–H and O–H groups in total. The molecular weight excluding hydrogens is 408 g/mol. The number of ether oxygens (including phenoxy) is 2. The summed E-state index contributed by atoms with van der Waals surface area (Å²) >= 11 is 0. The lowest BCUT2D eigenvalue weighted by molar-refractivity contribution is -0.125. The van der Waals surface area contributed by atoms with E-state index in [4.69, 9.17) is 9.47 Å². The van der Waals surface area contributed by atoms with E-state index in [-0.39, 0.29) is 11.8 Å². The van der Waals surface area contributed by atoms with Crippen LogP contribution in [0.4, 0.5) is 5.82 Å². The minimum atomic E-state index is -0.144. The van der Waals surface area contributed by atoms with Crippen molar-refractivity contribution in [3.8, 4) is 11.5 Å². The first-order valence-electron chi connectivity index (χ1n) is 10.7. The van der Waals surface area contributed by atoms with Crippen molar-refractivity contribution < 1.29 is 19.1 Å². The Kier molecular flexibility index (Phi) is 7.83. The standard InChI is InChI=1S/C24H30N4O4/c1-5-31-20-9-7-8-18(23(20)32-6-2)15-28(4)22(30)11-10-17-12-19-14-27(3)16-21(29)26-24(19)25-13-17/h7-13H,5-6,14-16H2,1-4H3,(H,25,26,29)/b11-10+. The van der Waals surface area contributed by atoms with Crippen LogP contribution in [0.25, 0.3) is 6.08 Å². The van der Waals surface area contributed by atoms with Gasteiger partial charge in [-0.1, -0.05) is 12.1 Å². The van der Waals surface area contributed by atoms with Crippen molar-refractivity contribution in [1.29, 1.82) is 0 Å². The Hall–Kier alpha value is -3.39. The van der Waals surface area contributed by atoms with Gasteiger partial charge in [-0.25, -0.2) is 4.98 Å². The van der Waals surface area contributed by atoms with Crippen LogP contribution in [0.2, 0.25) is 0 Å². The first-order valence-corrected chi connectivity index (χ1v) is 10.7. The second kappa shape index (κ2) is 10.8. The van der Waals surface area contributed by atoms with Crippen LogP contribution in [0.5, 0.6) is 11.5 Å². The summed E-state index contributed by atoms with van der Waals surface area (Å²) in [6.07, 6.45) is 4.90. The molecule has 0 radical (unpaired) electrons. The van der Waals surface area contributed by atoms with Gasteiger partial charge in [0.15, 0.2) is 11.5 Å². The fraction of sp³-hybridized carbons (Fsp3) is 0.375. The van der Waals surface area contributed by atoms with Crippen molar-refractivity contribution in [2.24, 2.45) is 0 Å². The number of nitrogens with one attached hydrogen (secondary N) is 1. The van der Waals surface area contributed by atoms with E-state index in [2.05, 4.69) is 10.3 Å². The fourth-order valence-corrected chi connectivity index (χ4v) is 3.51. The third kappa shape index (κ3) is 5.85. The van der Waals surface area contributed by atoms with Gasteiger partial charge in [-0.15, -0.1) is 0 Å². The molecule has 32 heavy (non-hydrogen) atoms.